The van der Waals surface area contributed by atoms with Gasteiger partial charge in [-0.05, 0) is 72.6 Å². The SMILES string of the molecule is C1=CCC(P(c2ccccc2)c2ccccc2)C=C1.[Cl][Rh][Cl].c1ccc(P(c2ccccc2)c2ccccc2)cc1.c1ccc(P(c2ccccc2)c2ccccc2)cc1. The second-order valence-corrected chi connectivity index (χ2v) is 22.8. The van der Waals surface area contributed by atoms with Gasteiger partial charge < -0.3 is 0 Å². The van der Waals surface area contributed by atoms with Gasteiger partial charge in [-0.1, -0.05) is 267 Å². The van der Waals surface area contributed by atoms with Gasteiger partial charge in [0.1, 0.15) is 0 Å². The van der Waals surface area contributed by atoms with Gasteiger partial charge in [-0.3, -0.25) is 0 Å². The van der Waals surface area contributed by atoms with Crippen LogP contribution >= 0.6 is 43.1 Å². The average molecular weight is 963 g/mol. The summed E-state index contributed by atoms with van der Waals surface area (Å²) in [5, 5.41) is 11.3. The van der Waals surface area contributed by atoms with E-state index in [1.807, 2.05) is 0 Å². The molecule has 6 heteroatoms. The van der Waals surface area contributed by atoms with Crippen molar-refractivity contribution in [1.82, 2.24) is 0 Å². The molecule has 0 aromatic heterocycles. The van der Waals surface area contributed by atoms with Gasteiger partial charge in [-0.25, -0.2) is 0 Å². The molecule has 1 atom stereocenters. The van der Waals surface area contributed by atoms with Gasteiger partial charge >= 0.3 is 34.5 Å². The maximum atomic E-state index is 4.83. The van der Waals surface area contributed by atoms with Crippen molar-refractivity contribution in [1.29, 1.82) is 0 Å². The Bertz CT molecular complexity index is 2040. The molecule has 9 rings (SSSR count). The van der Waals surface area contributed by atoms with Crippen molar-refractivity contribution in [3.63, 3.8) is 0 Å². The predicted molar refractivity (Wildman–Crippen MR) is 268 cm³/mol. The molecule has 0 saturated carbocycles. The van der Waals surface area contributed by atoms with Crippen LogP contribution in [0.4, 0.5) is 0 Å². The molecule has 0 spiro atoms. The van der Waals surface area contributed by atoms with Crippen molar-refractivity contribution in [3.05, 3.63) is 267 Å². The Morgan fingerprint density at radius 2 is 0.533 bits per heavy atom. The third-order valence-corrected chi connectivity index (χ3v) is 17.1. The summed E-state index contributed by atoms with van der Waals surface area (Å²) < 4.78 is 0. The Labute approximate surface area is 377 Å². The van der Waals surface area contributed by atoms with E-state index in [0.717, 1.165) is 6.42 Å². The summed E-state index contributed by atoms with van der Waals surface area (Å²) in [6, 6.07) is 86.5. The van der Waals surface area contributed by atoms with Crippen LogP contribution in [0.5, 0.6) is 0 Å². The monoisotopic (exact) mass is 961 g/mol. The minimum atomic E-state index is -0.446. The second-order valence-electron chi connectivity index (χ2n) is 13.4. The fourth-order valence-corrected chi connectivity index (χ4v) is 14.1. The van der Waals surface area contributed by atoms with Crippen LogP contribution in [0, 0.1) is 0 Å². The molecular formula is C54H47Cl2P3Rh. The molecule has 8 aromatic rings. The van der Waals surface area contributed by atoms with Crippen LogP contribution in [-0.4, -0.2) is 5.66 Å². The fraction of sp³-hybridized carbons (Fsp3) is 0.0370. The van der Waals surface area contributed by atoms with Crippen molar-refractivity contribution in [2.45, 2.75) is 12.1 Å². The van der Waals surface area contributed by atoms with E-state index < -0.39 is 15.8 Å². The molecule has 0 saturated heterocycles. The zero-order valence-electron chi connectivity index (χ0n) is 33.1. The summed E-state index contributed by atoms with van der Waals surface area (Å²) in [5.74, 6) is 0. The molecule has 0 amide bonds. The van der Waals surface area contributed by atoms with Gasteiger partial charge in [-0.2, -0.15) is 0 Å². The summed E-state index contributed by atoms with van der Waals surface area (Å²) in [6.07, 6.45) is 10.1. The number of allylic oxidation sites excluding steroid dienone is 4. The summed E-state index contributed by atoms with van der Waals surface area (Å²) in [7, 11) is 8.47. The number of hydrogen-bond donors (Lipinski definition) is 0. The first kappa shape index (κ1) is 45.3. The van der Waals surface area contributed by atoms with Crippen LogP contribution < -0.4 is 42.4 Å². The average Bonchev–Trinajstić information content (AvgIpc) is 3.33. The summed E-state index contributed by atoms with van der Waals surface area (Å²) in [4.78, 5) is 0. The van der Waals surface area contributed by atoms with Crippen molar-refractivity contribution in [2.75, 3.05) is 0 Å². The Kier molecular flexibility index (Phi) is 19.7. The quantitative estimate of drug-likeness (QED) is 0.0999. The fourth-order valence-electron chi connectivity index (χ4n) is 6.83. The molecule has 0 radical (unpaired) electrons. The number of hydrogen-bond acceptors (Lipinski definition) is 0. The molecule has 1 aliphatic rings. The zero-order chi connectivity index (χ0) is 41.5. The van der Waals surface area contributed by atoms with Gasteiger partial charge in [0.25, 0.3) is 0 Å². The summed E-state index contributed by atoms with van der Waals surface area (Å²) in [6.45, 7) is 0. The van der Waals surface area contributed by atoms with Crippen LogP contribution in [0.15, 0.2) is 267 Å². The first-order valence-corrected chi connectivity index (χ1v) is 28.0. The van der Waals surface area contributed by atoms with Crippen LogP contribution in [-0.2, 0) is 15.1 Å². The van der Waals surface area contributed by atoms with Gasteiger partial charge in [0.15, 0.2) is 0 Å². The van der Waals surface area contributed by atoms with E-state index in [0.29, 0.717) is 5.66 Å². The van der Waals surface area contributed by atoms with Crippen molar-refractivity contribution in [3.8, 4) is 0 Å². The molecule has 0 N–H and O–H groups in total. The second kappa shape index (κ2) is 26.2. The van der Waals surface area contributed by atoms with Crippen molar-refractivity contribution in [2.24, 2.45) is 0 Å². The number of rotatable bonds is 9. The molecule has 60 heavy (non-hydrogen) atoms. The van der Waals surface area contributed by atoms with Gasteiger partial charge in [-0.15, -0.1) is 0 Å². The van der Waals surface area contributed by atoms with E-state index in [9.17, 15) is 0 Å². The van der Waals surface area contributed by atoms with Gasteiger partial charge in [0.2, 0.25) is 0 Å². The van der Waals surface area contributed by atoms with E-state index in [1.54, 1.807) is 0 Å². The minimum absolute atomic E-state index is 0.226. The maximum absolute atomic E-state index is 4.83. The Morgan fingerprint density at radius 3 is 0.733 bits per heavy atom. The Hall–Kier alpha value is -4.27. The first-order chi connectivity index (χ1) is 29.8. The molecule has 0 bridgehead atoms. The molecular weight excluding hydrogens is 915 g/mol. The topological polar surface area (TPSA) is 0 Å². The standard InChI is InChI=1S/C18H17P.2C18H15P.2ClH.Rh/c3*1-4-10-16(11-5-1)19(17-12-6-2-7-13-17)18-14-8-3-9-15-18;;;/h1-14,18H,15H2;2*1-15H;2*1H;/q;;;;;+2/p-2. The van der Waals surface area contributed by atoms with Crippen LogP contribution in [0.25, 0.3) is 0 Å². The molecule has 0 nitrogen and oxygen atoms in total. The molecule has 0 fully saturated rings. The number of halogens is 2. The minimum Gasteiger partial charge on any atom is -0.0622 e. The van der Waals surface area contributed by atoms with E-state index in [4.69, 9.17) is 19.4 Å². The molecule has 0 aliphatic heterocycles. The maximum Gasteiger partial charge on any atom is -0.0134 e. The third kappa shape index (κ3) is 13.9. The summed E-state index contributed by atoms with van der Waals surface area (Å²) in [5.41, 5.74) is 0.616. The molecule has 8 aromatic carbocycles. The predicted octanol–water partition coefficient (Wildman–Crippen LogP) is 12.3. The van der Waals surface area contributed by atoms with Crippen molar-refractivity contribution >= 4 is 85.6 Å². The number of benzene rings is 8. The molecule has 301 valence electrons. The van der Waals surface area contributed by atoms with Crippen LogP contribution in [0.3, 0.4) is 0 Å². The van der Waals surface area contributed by atoms with E-state index in [1.165, 1.54) is 42.4 Å². The van der Waals surface area contributed by atoms with Crippen LogP contribution in [0.1, 0.15) is 6.42 Å². The van der Waals surface area contributed by atoms with E-state index in [-0.39, 0.29) is 23.1 Å². The molecule has 1 unspecified atom stereocenters. The van der Waals surface area contributed by atoms with Crippen molar-refractivity contribution < 1.29 is 15.1 Å². The largest absolute Gasteiger partial charge is 0.0622 e. The third-order valence-electron chi connectivity index (χ3n) is 9.44. The summed E-state index contributed by atoms with van der Waals surface area (Å²) >= 11 is -0.226. The van der Waals surface area contributed by atoms with Crippen LogP contribution in [0.2, 0.25) is 0 Å². The Morgan fingerprint density at radius 1 is 0.317 bits per heavy atom. The molecule has 1 aliphatic carbocycles. The van der Waals surface area contributed by atoms with E-state index in [2.05, 4.69) is 267 Å². The molecule has 0 heterocycles. The normalized spacial score (nSPS) is 12.7. The van der Waals surface area contributed by atoms with Gasteiger partial charge in [0, 0.05) is 5.66 Å². The Balaban J connectivity index is 0.000000146. The van der Waals surface area contributed by atoms with Gasteiger partial charge in [0.05, 0.1) is 0 Å². The first-order valence-electron chi connectivity index (χ1n) is 19.7. The van der Waals surface area contributed by atoms with E-state index >= 15 is 0 Å². The smallest absolute Gasteiger partial charge is 0.0134 e. The zero-order valence-corrected chi connectivity index (χ0v) is 39.0.